The molecule has 0 aliphatic heterocycles. The number of hydrazone groups is 1. The molecule has 1 aromatic heterocycles. The maximum Gasteiger partial charge on any atom is 0.240 e. The summed E-state index contributed by atoms with van der Waals surface area (Å²) in [5, 5.41) is 11.9. The van der Waals surface area contributed by atoms with Crippen LogP contribution in [0, 0.1) is 13.8 Å². The van der Waals surface area contributed by atoms with Gasteiger partial charge in [-0.15, -0.1) is 0 Å². The second kappa shape index (κ2) is 7.42. The van der Waals surface area contributed by atoms with Crippen LogP contribution in [0.25, 0.3) is 0 Å². The van der Waals surface area contributed by atoms with Crippen LogP contribution in [0.1, 0.15) is 28.9 Å². The third-order valence-corrected chi connectivity index (χ3v) is 3.80. The highest BCUT2D eigenvalue weighted by Gasteiger charge is 2.08. The number of nitrogens with one attached hydrogen (secondary N) is 2. The highest BCUT2D eigenvalue weighted by atomic mass is 35.5. The molecule has 5 nitrogen and oxygen atoms in total. The van der Waals surface area contributed by atoms with Gasteiger partial charge in [0.1, 0.15) is 0 Å². The van der Waals surface area contributed by atoms with Gasteiger partial charge in [0.05, 0.1) is 16.9 Å². The predicted octanol–water partition coefficient (Wildman–Crippen LogP) is 3.42. The monoisotopic (exact) mass is 338 g/mol. The molecule has 0 fully saturated rings. The van der Waals surface area contributed by atoms with Crippen molar-refractivity contribution in [1.29, 1.82) is 0 Å². The van der Waals surface area contributed by atoms with E-state index in [1.165, 1.54) is 6.21 Å². The molecule has 0 saturated carbocycles. The lowest BCUT2D eigenvalue weighted by Gasteiger charge is -2.02. The molecular formula is C15H16Cl2N4O. The van der Waals surface area contributed by atoms with Crippen molar-refractivity contribution < 1.29 is 4.79 Å². The minimum absolute atomic E-state index is 0.165. The van der Waals surface area contributed by atoms with Gasteiger partial charge in [-0.3, -0.25) is 9.89 Å². The molecule has 1 heterocycles. The molecule has 1 amide bonds. The number of nitrogens with zero attached hydrogens (tertiary/aromatic N) is 2. The van der Waals surface area contributed by atoms with Gasteiger partial charge in [0, 0.05) is 22.7 Å². The fourth-order valence-electron chi connectivity index (χ4n) is 2.02. The lowest BCUT2D eigenvalue weighted by molar-refractivity contribution is -0.121. The van der Waals surface area contributed by atoms with Crippen LogP contribution < -0.4 is 5.43 Å². The van der Waals surface area contributed by atoms with Crippen molar-refractivity contribution >= 4 is 35.3 Å². The summed E-state index contributed by atoms with van der Waals surface area (Å²) in [4.78, 5) is 11.8. The van der Waals surface area contributed by atoms with Gasteiger partial charge < -0.3 is 0 Å². The van der Waals surface area contributed by atoms with Crippen LogP contribution in [0.3, 0.4) is 0 Å². The number of amides is 1. The smallest absolute Gasteiger partial charge is 0.240 e. The average Bonchev–Trinajstić information content (AvgIpc) is 2.78. The van der Waals surface area contributed by atoms with Gasteiger partial charge >= 0.3 is 0 Å². The minimum atomic E-state index is -0.165. The van der Waals surface area contributed by atoms with Crippen LogP contribution in [0.4, 0.5) is 0 Å². The van der Waals surface area contributed by atoms with Crippen LogP contribution in [0.5, 0.6) is 0 Å². The number of hydrogen-bond donors (Lipinski definition) is 2. The van der Waals surface area contributed by atoms with E-state index >= 15 is 0 Å². The average molecular weight is 339 g/mol. The molecule has 0 spiro atoms. The van der Waals surface area contributed by atoms with E-state index in [2.05, 4.69) is 20.7 Å². The van der Waals surface area contributed by atoms with Gasteiger partial charge in [0.2, 0.25) is 5.91 Å². The molecule has 0 unspecified atom stereocenters. The summed E-state index contributed by atoms with van der Waals surface area (Å²) < 4.78 is 0. The normalized spacial score (nSPS) is 11.1. The molecule has 0 saturated heterocycles. The van der Waals surface area contributed by atoms with Gasteiger partial charge in [-0.1, -0.05) is 29.3 Å². The van der Waals surface area contributed by atoms with Crippen LogP contribution in [0.2, 0.25) is 10.0 Å². The van der Waals surface area contributed by atoms with Crippen molar-refractivity contribution in [2.75, 3.05) is 0 Å². The first-order valence-corrected chi connectivity index (χ1v) is 7.50. The maximum atomic E-state index is 11.8. The molecule has 2 N–H and O–H groups in total. The van der Waals surface area contributed by atoms with E-state index in [9.17, 15) is 4.79 Å². The molecule has 22 heavy (non-hydrogen) atoms. The molecule has 2 aromatic rings. The van der Waals surface area contributed by atoms with Crippen LogP contribution >= 0.6 is 23.2 Å². The molecular weight excluding hydrogens is 323 g/mol. The lowest BCUT2D eigenvalue weighted by atomic mass is 10.1. The Labute approximate surface area is 138 Å². The topological polar surface area (TPSA) is 70.1 Å². The Hall–Kier alpha value is -1.85. The van der Waals surface area contributed by atoms with Gasteiger partial charge in [0.25, 0.3) is 0 Å². The first-order valence-electron chi connectivity index (χ1n) is 6.74. The van der Waals surface area contributed by atoms with Gasteiger partial charge in [0.15, 0.2) is 0 Å². The maximum absolute atomic E-state index is 11.8. The molecule has 1 aromatic carbocycles. The van der Waals surface area contributed by atoms with E-state index in [4.69, 9.17) is 23.2 Å². The van der Waals surface area contributed by atoms with Crippen molar-refractivity contribution in [2.24, 2.45) is 5.10 Å². The number of carbonyl (C=O) groups is 1. The summed E-state index contributed by atoms with van der Waals surface area (Å²) in [5.74, 6) is -0.165. The quantitative estimate of drug-likeness (QED) is 0.647. The number of benzene rings is 1. The third kappa shape index (κ3) is 4.32. The number of carbonyl (C=O) groups excluding carboxylic acids is 1. The standard InChI is InChI=1S/C15H16Cl2N4O/c1-9-13(10(2)20-19-9)5-6-15(22)21-18-8-11-3-4-12(16)7-14(11)17/h3-4,7-8H,5-6H2,1-2H3,(H,19,20)(H,21,22)/b18-8+. The summed E-state index contributed by atoms with van der Waals surface area (Å²) >= 11 is 11.8. The molecule has 0 aliphatic carbocycles. The van der Waals surface area contributed by atoms with Gasteiger partial charge in [-0.05, 0) is 38.0 Å². The van der Waals surface area contributed by atoms with Crippen LogP contribution in [-0.2, 0) is 11.2 Å². The Balaban J connectivity index is 1.86. The number of H-pyrrole nitrogens is 1. The van der Waals surface area contributed by atoms with Crippen molar-refractivity contribution in [2.45, 2.75) is 26.7 Å². The Morgan fingerprint density at radius 1 is 1.41 bits per heavy atom. The Morgan fingerprint density at radius 2 is 2.18 bits per heavy atom. The van der Waals surface area contributed by atoms with E-state index in [-0.39, 0.29) is 5.91 Å². The Kier molecular flexibility index (Phi) is 5.57. The number of aromatic nitrogens is 2. The van der Waals surface area contributed by atoms with Gasteiger partial charge in [-0.2, -0.15) is 10.2 Å². The van der Waals surface area contributed by atoms with E-state index in [0.717, 1.165) is 17.0 Å². The molecule has 0 aliphatic rings. The van der Waals surface area contributed by atoms with E-state index in [1.54, 1.807) is 18.2 Å². The van der Waals surface area contributed by atoms with E-state index < -0.39 is 0 Å². The number of aromatic amines is 1. The SMILES string of the molecule is Cc1n[nH]c(C)c1CCC(=O)N/N=C/c1ccc(Cl)cc1Cl. The first-order chi connectivity index (χ1) is 10.5. The summed E-state index contributed by atoms with van der Waals surface area (Å²) in [6.07, 6.45) is 2.45. The lowest BCUT2D eigenvalue weighted by Crippen LogP contribution is -2.18. The largest absolute Gasteiger partial charge is 0.282 e. The second-order valence-corrected chi connectivity index (χ2v) is 5.72. The summed E-state index contributed by atoms with van der Waals surface area (Å²) in [6.45, 7) is 3.85. The van der Waals surface area contributed by atoms with Crippen LogP contribution in [0.15, 0.2) is 23.3 Å². The summed E-state index contributed by atoms with van der Waals surface area (Å²) in [6, 6.07) is 5.07. The van der Waals surface area contributed by atoms with Crippen molar-refractivity contribution in [3.05, 3.63) is 50.8 Å². The van der Waals surface area contributed by atoms with E-state index in [1.807, 2.05) is 13.8 Å². The number of aryl methyl sites for hydroxylation is 2. The zero-order valence-corrected chi connectivity index (χ0v) is 13.8. The summed E-state index contributed by atoms with van der Waals surface area (Å²) in [7, 11) is 0. The third-order valence-electron chi connectivity index (χ3n) is 3.24. The minimum Gasteiger partial charge on any atom is -0.282 e. The van der Waals surface area contributed by atoms with Crippen molar-refractivity contribution in [1.82, 2.24) is 15.6 Å². The molecule has 2 rings (SSSR count). The second-order valence-electron chi connectivity index (χ2n) is 4.87. The zero-order valence-electron chi connectivity index (χ0n) is 12.3. The molecule has 7 heteroatoms. The van der Waals surface area contributed by atoms with Gasteiger partial charge in [-0.25, -0.2) is 5.43 Å². The van der Waals surface area contributed by atoms with Crippen molar-refractivity contribution in [3.8, 4) is 0 Å². The molecule has 0 bridgehead atoms. The summed E-state index contributed by atoms with van der Waals surface area (Å²) in [5.41, 5.74) is 6.15. The van der Waals surface area contributed by atoms with E-state index in [0.29, 0.717) is 28.5 Å². The first kappa shape index (κ1) is 16.5. The Morgan fingerprint density at radius 3 is 2.82 bits per heavy atom. The molecule has 116 valence electrons. The Bertz CT molecular complexity index is 690. The highest BCUT2D eigenvalue weighted by Crippen LogP contribution is 2.19. The molecule has 0 radical (unpaired) electrons. The van der Waals surface area contributed by atoms with Crippen LogP contribution in [-0.4, -0.2) is 22.3 Å². The number of rotatable bonds is 5. The zero-order chi connectivity index (χ0) is 16.1. The fourth-order valence-corrected chi connectivity index (χ4v) is 2.47. The number of halogens is 2. The highest BCUT2D eigenvalue weighted by molar-refractivity contribution is 6.36. The number of hydrogen-bond acceptors (Lipinski definition) is 3. The van der Waals surface area contributed by atoms with Crippen molar-refractivity contribution in [3.63, 3.8) is 0 Å². The fraction of sp³-hybridized carbons (Fsp3) is 0.267. The molecule has 0 atom stereocenters. The predicted molar refractivity (Wildman–Crippen MR) is 88.6 cm³/mol.